The summed E-state index contributed by atoms with van der Waals surface area (Å²) in [6, 6.07) is 6.44. The van der Waals surface area contributed by atoms with Crippen LogP contribution in [-0.2, 0) is 9.53 Å². The van der Waals surface area contributed by atoms with Crippen LogP contribution >= 0.6 is 11.6 Å². The van der Waals surface area contributed by atoms with Crippen molar-refractivity contribution < 1.29 is 28.0 Å². The first-order chi connectivity index (χ1) is 13.2. The fourth-order valence-corrected chi connectivity index (χ4v) is 3.08. The molecule has 0 aliphatic heterocycles. The molecule has 0 heterocycles. The fraction of sp³-hybridized carbons (Fsp3) is 0.316. The molecule has 0 amide bonds. The van der Waals surface area contributed by atoms with E-state index in [-0.39, 0.29) is 34.1 Å². The molecule has 150 valence electrons. The van der Waals surface area contributed by atoms with Crippen LogP contribution in [0.15, 0.2) is 30.3 Å². The molecule has 1 atom stereocenters. The minimum atomic E-state index is -3.00. The second-order valence-corrected chi connectivity index (χ2v) is 6.28. The fourth-order valence-electron chi connectivity index (χ4n) is 2.90. The van der Waals surface area contributed by atoms with Crippen LogP contribution in [0, 0.1) is 10.1 Å². The Morgan fingerprint density at radius 2 is 1.89 bits per heavy atom. The Labute approximate surface area is 165 Å². The Morgan fingerprint density at radius 1 is 1.25 bits per heavy atom. The van der Waals surface area contributed by atoms with Crippen molar-refractivity contribution in [3.8, 4) is 16.9 Å². The van der Waals surface area contributed by atoms with Crippen molar-refractivity contribution in [1.29, 1.82) is 0 Å². The summed E-state index contributed by atoms with van der Waals surface area (Å²) in [6.45, 7) is 3.10. The summed E-state index contributed by atoms with van der Waals surface area (Å²) in [5.74, 6) is -1.59. The number of rotatable bonds is 7. The number of carbonyl (C=O) groups is 1. The van der Waals surface area contributed by atoms with Gasteiger partial charge in [-0.25, -0.2) is 8.78 Å². The zero-order chi connectivity index (χ0) is 21.0. The van der Waals surface area contributed by atoms with E-state index in [0.29, 0.717) is 0 Å². The lowest BCUT2D eigenvalue weighted by Gasteiger charge is -2.18. The molecule has 0 aliphatic rings. The molecular weight excluding hydrogens is 396 g/mol. The first-order valence-electron chi connectivity index (χ1n) is 8.32. The highest BCUT2D eigenvalue weighted by Gasteiger charge is 2.33. The number of ether oxygens (including phenoxy) is 2. The van der Waals surface area contributed by atoms with Gasteiger partial charge in [0.1, 0.15) is 5.75 Å². The van der Waals surface area contributed by atoms with Gasteiger partial charge in [-0.15, -0.1) is 0 Å². The molecule has 1 unspecified atom stereocenters. The SMILES string of the molecule is CCOC(=O)C(C)c1ccc(C(F)F)c(-c2cc(Cl)ccc2OC)c1[N+](=O)[O-]. The summed E-state index contributed by atoms with van der Waals surface area (Å²) in [5, 5.41) is 12.1. The molecule has 2 aromatic carbocycles. The smallest absolute Gasteiger partial charge is 0.313 e. The summed E-state index contributed by atoms with van der Waals surface area (Å²) in [5.41, 5.74) is -1.52. The molecule has 0 aliphatic carbocycles. The second kappa shape index (κ2) is 8.97. The Hall–Kier alpha value is -2.74. The lowest BCUT2D eigenvalue weighted by atomic mass is 9.89. The number of benzene rings is 2. The maximum Gasteiger partial charge on any atom is 0.313 e. The van der Waals surface area contributed by atoms with Crippen molar-refractivity contribution >= 4 is 23.3 Å². The van der Waals surface area contributed by atoms with Gasteiger partial charge < -0.3 is 9.47 Å². The number of nitro groups is 1. The van der Waals surface area contributed by atoms with E-state index >= 15 is 0 Å². The molecule has 6 nitrogen and oxygen atoms in total. The number of carbonyl (C=O) groups excluding carboxylic acids is 1. The van der Waals surface area contributed by atoms with Crippen LogP contribution in [0.3, 0.4) is 0 Å². The lowest BCUT2D eigenvalue weighted by molar-refractivity contribution is -0.385. The number of methoxy groups -OCH3 is 1. The van der Waals surface area contributed by atoms with E-state index in [0.717, 1.165) is 12.1 Å². The molecule has 0 fully saturated rings. The molecular formula is C19H18ClF2NO5. The van der Waals surface area contributed by atoms with Crippen molar-refractivity contribution in [1.82, 2.24) is 0 Å². The average Bonchev–Trinajstić information content (AvgIpc) is 2.66. The molecule has 28 heavy (non-hydrogen) atoms. The third-order valence-electron chi connectivity index (χ3n) is 4.20. The molecule has 0 aromatic heterocycles. The third kappa shape index (κ3) is 4.22. The first kappa shape index (κ1) is 21.6. The average molecular weight is 414 g/mol. The topological polar surface area (TPSA) is 78.7 Å². The number of hydrogen-bond acceptors (Lipinski definition) is 5. The number of nitrogens with zero attached hydrogens (tertiary/aromatic N) is 1. The van der Waals surface area contributed by atoms with Gasteiger partial charge in [0.05, 0.1) is 30.1 Å². The quantitative estimate of drug-likeness (QED) is 0.339. The summed E-state index contributed by atoms with van der Waals surface area (Å²) < 4.78 is 37.6. The summed E-state index contributed by atoms with van der Waals surface area (Å²) >= 11 is 5.99. The highest BCUT2D eigenvalue weighted by atomic mass is 35.5. The van der Waals surface area contributed by atoms with E-state index in [2.05, 4.69) is 0 Å². The standard InChI is InChI=1S/C19H18ClF2NO5/c1-4-28-19(24)10(2)12-6-7-13(18(21)22)16(17(12)23(25)26)14-9-11(20)5-8-15(14)27-3/h5-10,18H,4H2,1-3H3. The number of alkyl halides is 2. The van der Waals surface area contributed by atoms with Gasteiger partial charge in [-0.1, -0.05) is 23.7 Å². The van der Waals surface area contributed by atoms with Crippen molar-refractivity contribution in [2.24, 2.45) is 0 Å². The van der Waals surface area contributed by atoms with Gasteiger partial charge in [0.15, 0.2) is 0 Å². The largest absolute Gasteiger partial charge is 0.496 e. The zero-order valence-corrected chi connectivity index (χ0v) is 16.1. The van der Waals surface area contributed by atoms with E-state index in [4.69, 9.17) is 21.1 Å². The Balaban J connectivity index is 2.89. The van der Waals surface area contributed by atoms with Crippen molar-refractivity contribution in [2.45, 2.75) is 26.2 Å². The predicted octanol–water partition coefficient (Wildman–Crippen LogP) is 5.53. The van der Waals surface area contributed by atoms with Crippen LogP contribution in [0.1, 0.15) is 37.3 Å². The third-order valence-corrected chi connectivity index (χ3v) is 4.43. The van der Waals surface area contributed by atoms with Gasteiger partial charge in [0, 0.05) is 21.7 Å². The van der Waals surface area contributed by atoms with E-state index < -0.39 is 34.5 Å². The minimum Gasteiger partial charge on any atom is -0.496 e. The van der Waals surface area contributed by atoms with E-state index in [1.54, 1.807) is 6.92 Å². The highest BCUT2D eigenvalue weighted by molar-refractivity contribution is 6.31. The normalized spacial score (nSPS) is 12.0. The van der Waals surface area contributed by atoms with Crippen LogP contribution in [-0.4, -0.2) is 24.6 Å². The summed E-state index contributed by atoms with van der Waals surface area (Å²) in [6.07, 6.45) is -3.00. The molecule has 0 saturated heterocycles. The van der Waals surface area contributed by atoms with Crippen LogP contribution < -0.4 is 4.74 Å². The number of nitro benzene ring substituents is 1. The molecule has 9 heteroatoms. The second-order valence-electron chi connectivity index (χ2n) is 5.84. The van der Waals surface area contributed by atoms with Gasteiger partial charge in [0.25, 0.3) is 12.1 Å². The van der Waals surface area contributed by atoms with Crippen LogP contribution in [0.25, 0.3) is 11.1 Å². The van der Waals surface area contributed by atoms with Crippen molar-refractivity contribution in [3.63, 3.8) is 0 Å². The monoisotopic (exact) mass is 413 g/mol. The molecule has 2 aromatic rings. The van der Waals surface area contributed by atoms with Gasteiger partial charge in [-0.3, -0.25) is 14.9 Å². The number of hydrogen-bond donors (Lipinski definition) is 0. The van der Waals surface area contributed by atoms with Gasteiger partial charge in [0.2, 0.25) is 0 Å². The van der Waals surface area contributed by atoms with Gasteiger partial charge in [-0.2, -0.15) is 0 Å². The van der Waals surface area contributed by atoms with Gasteiger partial charge >= 0.3 is 5.97 Å². The van der Waals surface area contributed by atoms with Gasteiger partial charge in [-0.05, 0) is 32.0 Å². The predicted molar refractivity (Wildman–Crippen MR) is 100 cm³/mol. The Morgan fingerprint density at radius 3 is 2.43 bits per heavy atom. The van der Waals surface area contributed by atoms with E-state index in [1.807, 2.05) is 0 Å². The van der Waals surface area contributed by atoms with Crippen LogP contribution in [0.5, 0.6) is 5.75 Å². The number of esters is 1. The molecule has 0 spiro atoms. The summed E-state index contributed by atoms with van der Waals surface area (Å²) in [7, 11) is 1.31. The zero-order valence-electron chi connectivity index (χ0n) is 15.4. The Bertz CT molecular complexity index is 904. The molecule has 0 N–H and O–H groups in total. The first-order valence-corrected chi connectivity index (χ1v) is 8.70. The van der Waals surface area contributed by atoms with Crippen LogP contribution in [0.2, 0.25) is 5.02 Å². The van der Waals surface area contributed by atoms with Crippen molar-refractivity contribution in [3.05, 3.63) is 56.6 Å². The maximum absolute atomic E-state index is 13.7. The van der Waals surface area contributed by atoms with Crippen LogP contribution in [0.4, 0.5) is 14.5 Å². The lowest BCUT2D eigenvalue weighted by Crippen LogP contribution is -2.15. The maximum atomic E-state index is 13.7. The summed E-state index contributed by atoms with van der Waals surface area (Å²) in [4.78, 5) is 23.2. The Kier molecular flexibility index (Phi) is 6.90. The molecule has 2 rings (SSSR count). The molecule has 0 bridgehead atoms. The van der Waals surface area contributed by atoms with E-state index in [1.165, 1.54) is 32.2 Å². The highest BCUT2D eigenvalue weighted by Crippen LogP contribution is 2.46. The molecule has 0 radical (unpaired) electrons. The van der Waals surface area contributed by atoms with E-state index in [9.17, 15) is 23.7 Å². The molecule has 0 saturated carbocycles. The number of halogens is 3. The van der Waals surface area contributed by atoms with Crippen molar-refractivity contribution in [2.75, 3.05) is 13.7 Å². The minimum absolute atomic E-state index is 0.0370.